The van der Waals surface area contributed by atoms with Crippen LogP contribution < -0.4 is 5.32 Å². The summed E-state index contributed by atoms with van der Waals surface area (Å²) in [7, 11) is 0. The van der Waals surface area contributed by atoms with Gasteiger partial charge in [-0.3, -0.25) is 0 Å². The molecule has 0 amide bonds. The second-order valence-corrected chi connectivity index (χ2v) is 2.19. The van der Waals surface area contributed by atoms with Crippen molar-refractivity contribution in [3.63, 3.8) is 0 Å². The number of aliphatic hydroxyl groups is 1. The number of aliphatic hydroxyl groups excluding tert-OH is 1. The van der Waals surface area contributed by atoms with Crippen LogP contribution in [0.15, 0.2) is 24.9 Å². The Kier molecular flexibility index (Phi) is 3.22. The molecule has 1 aromatic rings. The van der Waals surface area contributed by atoms with E-state index in [1.54, 1.807) is 18.3 Å². The molecule has 0 bridgehead atoms. The number of rotatable bonds is 4. The lowest BCUT2D eigenvalue weighted by molar-refractivity contribution is 0.271. The highest BCUT2D eigenvalue weighted by Crippen LogP contribution is 2.00. The minimum absolute atomic E-state index is 0.135. The zero-order valence-corrected chi connectivity index (χ0v) is 6.70. The Morgan fingerprint density at radius 1 is 1.67 bits per heavy atom. The molecule has 1 rings (SSSR count). The fourth-order valence-electron chi connectivity index (χ4n) is 0.750. The molecule has 4 nitrogen and oxygen atoms in total. The smallest absolute Gasteiger partial charge is 0.156 e. The summed E-state index contributed by atoms with van der Waals surface area (Å²) >= 11 is 0. The van der Waals surface area contributed by atoms with Gasteiger partial charge in [-0.25, -0.2) is 9.97 Å². The van der Waals surface area contributed by atoms with Gasteiger partial charge in [-0.05, 0) is 6.07 Å². The van der Waals surface area contributed by atoms with Crippen molar-refractivity contribution in [3.8, 4) is 0 Å². The summed E-state index contributed by atoms with van der Waals surface area (Å²) in [5, 5.41) is 11.7. The zero-order valence-electron chi connectivity index (χ0n) is 6.70. The van der Waals surface area contributed by atoms with Crippen LogP contribution in [-0.2, 0) is 6.61 Å². The average molecular weight is 165 g/mol. The van der Waals surface area contributed by atoms with Crippen LogP contribution in [0.4, 0.5) is 5.82 Å². The van der Waals surface area contributed by atoms with Gasteiger partial charge in [-0.2, -0.15) is 0 Å². The number of hydrogen-bond acceptors (Lipinski definition) is 4. The molecule has 0 aliphatic rings. The third-order valence-corrected chi connectivity index (χ3v) is 1.27. The van der Waals surface area contributed by atoms with Crippen molar-refractivity contribution in [3.05, 3.63) is 30.7 Å². The highest BCUT2D eigenvalue weighted by atomic mass is 16.3. The quantitative estimate of drug-likeness (QED) is 0.640. The molecule has 0 saturated heterocycles. The molecule has 0 fully saturated rings. The van der Waals surface area contributed by atoms with E-state index in [4.69, 9.17) is 5.11 Å². The van der Waals surface area contributed by atoms with Crippen LogP contribution in [0.1, 0.15) is 5.82 Å². The fraction of sp³-hybridized carbons (Fsp3) is 0.250. The Hall–Kier alpha value is -1.42. The Morgan fingerprint density at radius 3 is 3.17 bits per heavy atom. The molecule has 0 saturated carbocycles. The van der Waals surface area contributed by atoms with E-state index < -0.39 is 0 Å². The van der Waals surface area contributed by atoms with E-state index >= 15 is 0 Å². The van der Waals surface area contributed by atoms with Crippen molar-refractivity contribution in [1.82, 2.24) is 9.97 Å². The van der Waals surface area contributed by atoms with Crippen molar-refractivity contribution >= 4 is 5.82 Å². The minimum atomic E-state index is -0.135. The summed E-state index contributed by atoms with van der Waals surface area (Å²) in [6.07, 6.45) is 3.34. The maximum Gasteiger partial charge on any atom is 0.156 e. The Bertz CT molecular complexity index is 262. The molecule has 0 radical (unpaired) electrons. The molecular weight excluding hydrogens is 154 g/mol. The summed E-state index contributed by atoms with van der Waals surface area (Å²) in [6, 6.07) is 1.74. The standard InChI is InChI=1S/C8H11N3O/c1-2-4-9-7-3-5-10-8(6-12)11-7/h2-3,5,12H,1,4,6H2,(H,9,10,11). The third-order valence-electron chi connectivity index (χ3n) is 1.27. The lowest BCUT2D eigenvalue weighted by atomic mass is 10.5. The lowest BCUT2D eigenvalue weighted by Crippen LogP contribution is -2.03. The first-order valence-corrected chi connectivity index (χ1v) is 3.64. The van der Waals surface area contributed by atoms with Gasteiger partial charge >= 0.3 is 0 Å². The molecule has 1 aromatic heterocycles. The second kappa shape index (κ2) is 4.46. The molecule has 0 spiro atoms. The van der Waals surface area contributed by atoms with Gasteiger partial charge in [0, 0.05) is 12.7 Å². The number of aromatic nitrogens is 2. The molecule has 0 unspecified atom stereocenters. The highest BCUT2D eigenvalue weighted by molar-refractivity contribution is 5.33. The average Bonchev–Trinajstić information content (AvgIpc) is 2.15. The van der Waals surface area contributed by atoms with E-state index in [9.17, 15) is 0 Å². The van der Waals surface area contributed by atoms with Crippen LogP contribution in [0.5, 0.6) is 0 Å². The summed E-state index contributed by atoms with van der Waals surface area (Å²) < 4.78 is 0. The highest BCUT2D eigenvalue weighted by Gasteiger charge is 1.94. The monoisotopic (exact) mass is 165 g/mol. The van der Waals surface area contributed by atoms with Crippen LogP contribution in [0, 0.1) is 0 Å². The van der Waals surface area contributed by atoms with Crippen LogP contribution in [0.3, 0.4) is 0 Å². The first-order valence-electron chi connectivity index (χ1n) is 3.64. The van der Waals surface area contributed by atoms with Crippen LogP contribution in [0.25, 0.3) is 0 Å². The van der Waals surface area contributed by atoms with Gasteiger partial charge in [0.15, 0.2) is 5.82 Å². The van der Waals surface area contributed by atoms with Crippen LogP contribution >= 0.6 is 0 Å². The third kappa shape index (κ3) is 2.32. The van der Waals surface area contributed by atoms with E-state index in [1.807, 2.05) is 0 Å². The summed E-state index contributed by atoms with van der Waals surface area (Å²) in [6.45, 7) is 4.08. The Labute approximate surface area is 71.0 Å². The van der Waals surface area contributed by atoms with Gasteiger partial charge < -0.3 is 10.4 Å². The van der Waals surface area contributed by atoms with Gasteiger partial charge in [-0.15, -0.1) is 6.58 Å². The van der Waals surface area contributed by atoms with E-state index in [-0.39, 0.29) is 6.61 Å². The largest absolute Gasteiger partial charge is 0.388 e. The van der Waals surface area contributed by atoms with Crippen LogP contribution in [-0.4, -0.2) is 21.6 Å². The Balaban J connectivity index is 2.65. The predicted octanol–water partition coefficient (Wildman–Crippen LogP) is 0.567. The Morgan fingerprint density at radius 2 is 2.50 bits per heavy atom. The van der Waals surface area contributed by atoms with Crippen molar-refractivity contribution in [2.45, 2.75) is 6.61 Å². The molecular formula is C8H11N3O. The molecule has 0 aliphatic carbocycles. The molecule has 0 atom stereocenters. The van der Waals surface area contributed by atoms with Gasteiger partial charge in [-0.1, -0.05) is 6.08 Å². The van der Waals surface area contributed by atoms with Gasteiger partial charge in [0.05, 0.1) is 0 Å². The first-order chi connectivity index (χ1) is 5.86. The number of hydrogen-bond donors (Lipinski definition) is 2. The molecule has 2 N–H and O–H groups in total. The number of anilines is 1. The summed E-state index contributed by atoms with van der Waals surface area (Å²) in [5.41, 5.74) is 0. The lowest BCUT2D eigenvalue weighted by Gasteiger charge is -2.01. The normalized spacial score (nSPS) is 9.42. The minimum Gasteiger partial charge on any atom is -0.388 e. The fourth-order valence-corrected chi connectivity index (χ4v) is 0.750. The van der Waals surface area contributed by atoms with Gasteiger partial charge in [0.25, 0.3) is 0 Å². The first kappa shape index (κ1) is 8.67. The van der Waals surface area contributed by atoms with Crippen molar-refractivity contribution in [1.29, 1.82) is 0 Å². The predicted molar refractivity (Wildman–Crippen MR) is 46.6 cm³/mol. The number of nitrogens with zero attached hydrogens (tertiary/aromatic N) is 2. The molecule has 4 heteroatoms. The summed E-state index contributed by atoms with van der Waals surface area (Å²) in [5.74, 6) is 1.12. The van der Waals surface area contributed by atoms with Gasteiger partial charge in [0.1, 0.15) is 12.4 Å². The van der Waals surface area contributed by atoms with Crippen molar-refractivity contribution in [2.75, 3.05) is 11.9 Å². The molecule has 64 valence electrons. The van der Waals surface area contributed by atoms with E-state index in [2.05, 4.69) is 21.9 Å². The van der Waals surface area contributed by atoms with E-state index in [1.165, 1.54) is 0 Å². The maximum atomic E-state index is 8.71. The molecule has 1 heterocycles. The van der Waals surface area contributed by atoms with Crippen LogP contribution in [0.2, 0.25) is 0 Å². The molecule has 0 aromatic carbocycles. The SMILES string of the molecule is C=CCNc1ccnc(CO)n1. The van der Waals surface area contributed by atoms with E-state index in [0.717, 1.165) is 0 Å². The van der Waals surface area contributed by atoms with Crippen molar-refractivity contribution < 1.29 is 5.11 Å². The van der Waals surface area contributed by atoms with E-state index in [0.29, 0.717) is 18.2 Å². The zero-order chi connectivity index (χ0) is 8.81. The molecule has 0 aliphatic heterocycles. The summed E-state index contributed by atoms with van der Waals surface area (Å²) in [4.78, 5) is 7.85. The van der Waals surface area contributed by atoms with Crippen molar-refractivity contribution in [2.24, 2.45) is 0 Å². The maximum absolute atomic E-state index is 8.71. The molecule has 12 heavy (non-hydrogen) atoms. The van der Waals surface area contributed by atoms with Gasteiger partial charge in [0.2, 0.25) is 0 Å². The number of nitrogens with one attached hydrogen (secondary N) is 1. The topological polar surface area (TPSA) is 58.0 Å². The second-order valence-electron chi connectivity index (χ2n) is 2.19.